The van der Waals surface area contributed by atoms with E-state index < -0.39 is 7.14 Å². The number of nitrogens with one attached hydrogen (secondary N) is 2. The van der Waals surface area contributed by atoms with Crippen molar-refractivity contribution in [3.05, 3.63) is 60.8 Å². The molecule has 0 saturated carbocycles. The maximum Gasteiger partial charge on any atom is 0.229 e. The molecule has 0 atom stereocenters. The van der Waals surface area contributed by atoms with Crippen LogP contribution in [0.15, 0.2) is 55.2 Å². The second-order valence-electron chi connectivity index (χ2n) is 10.8. The molecule has 0 spiro atoms. The number of hydrogen-bond acceptors (Lipinski definition) is 11. The highest BCUT2D eigenvalue weighted by atomic mass is 31.2. The van der Waals surface area contributed by atoms with Gasteiger partial charge in [-0.15, -0.1) is 0 Å². The summed E-state index contributed by atoms with van der Waals surface area (Å²) in [5, 5.41) is 11.8. The van der Waals surface area contributed by atoms with Gasteiger partial charge in [-0.1, -0.05) is 0 Å². The SMILES string of the molecule is COc1cc(N2CCOCC2)c(-c2cnn(C)c2)cc1Nc1nc(Nc2ccc3nccnc3c2P(C)(C)=O)ncc1C. The molecule has 2 N–H and O–H groups in total. The van der Waals surface area contributed by atoms with Crippen molar-refractivity contribution >= 4 is 52.3 Å². The van der Waals surface area contributed by atoms with Crippen LogP contribution in [0.1, 0.15) is 5.56 Å². The number of nitrogens with zero attached hydrogens (tertiary/aromatic N) is 7. The molecule has 0 bridgehead atoms. The number of morpholine rings is 1. The maximum absolute atomic E-state index is 13.4. The van der Waals surface area contributed by atoms with Crippen molar-refractivity contribution < 1.29 is 14.0 Å². The fraction of sp³-hybridized carbons (Fsp3) is 0.300. The van der Waals surface area contributed by atoms with Gasteiger partial charge in [-0.05, 0) is 38.5 Å². The molecule has 0 aliphatic carbocycles. The third-order valence-electron chi connectivity index (χ3n) is 7.31. The Morgan fingerprint density at radius 3 is 2.51 bits per heavy atom. The molecular formula is C30H34N9O3P. The average molecular weight is 600 g/mol. The third kappa shape index (κ3) is 5.89. The van der Waals surface area contributed by atoms with Crippen molar-refractivity contribution in [2.45, 2.75) is 6.92 Å². The lowest BCUT2D eigenvalue weighted by Gasteiger charge is -2.31. The van der Waals surface area contributed by atoms with Gasteiger partial charge >= 0.3 is 0 Å². The van der Waals surface area contributed by atoms with Crippen LogP contribution in [0, 0.1) is 6.92 Å². The van der Waals surface area contributed by atoms with E-state index in [1.165, 1.54) is 0 Å². The van der Waals surface area contributed by atoms with E-state index >= 15 is 0 Å². The first kappa shape index (κ1) is 28.6. The van der Waals surface area contributed by atoms with Gasteiger partial charge < -0.3 is 29.6 Å². The number of aryl methyl sites for hydroxylation is 2. The summed E-state index contributed by atoms with van der Waals surface area (Å²) in [6.45, 7) is 8.28. The van der Waals surface area contributed by atoms with Crippen LogP contribution >= 0.6 is 7.14 Å². The first-order valence-corrected chi connectivity index (χ1v) is 16.5. The highest BCUT2D eigenvalue weighted by Gasteiger charge is 2.23. The Bertz CT molecular complexity index is 1850. The number of benzene rings is 2. The zero-order valence-corrected chi connectivity index (χ0v) is 25.7. The second kappa shape index (κ2) is 11.6. The van der Waals surface area contributed by atoms with Crippen molar-refractivity contribution in [3.63, 3.8) is 0 Å². The number of methoxy groups -OCH3 is 1. The molecule has 0 amide bonds. The highest BCUT2D eigenvalue weighted by Crippen LogP contribution is 2.42. The van der Waals surface area contributed by atoms with E-state index in [0.717, 1.165) is 41.2 Å². The van der Waals surface area contributed by atoms with Crippen molar-refractivity contribution in [1.82, 2.24) is 29.7 Å². The Morgan fingerprint density at radius 1 is 1.00 bits per heavy atom. The van der Waals surface area contributed by atoms with Crippen LogP contribution in [-0.4, -0.2) is 76.5 Å². The van der Waals surface area contributed by atoms with Gasteiger partial charge in [0.15, 0.2) is 0 Å². The fourth-order valence-corrected chi connectivity index (χ4v) is 6.63. The van der Waals surface area contributed by atoms with Gasteiger partial charge in [-0.25, -0.2) is 4.98 Å². The largest absolute Gasteiger partial charge is 0.494 e. The number of fused-ring (bicyclic) bond motifs is 1. The van der Waals surface area contributed by atoms with E-state index in [0.29, 0.717) is 52.8 Å². The molecule has 1 aliphatic heterocycles. The molecule has 3 aromatic heterocycles. The number of anilines is 5. The summed E-state index contributed by atoms with van der Waals surface area (Å²) in [7, 11) is 0.817. The molecule has 5 aromatic rings. The average Bonchev–Trinajstić information content (AvgIpc) is 3.44. The summed E-state index contributed by atoms with van der Waals surface area (Å²) < 4.78 is 26.6. The van der Waals surface area contributed by atoms with Crippen LogP contribution in [0.2, 0.25) is 0 Å². The summed E-state index contributed by atoms with van der Waals surface area (Å²) in [4.78, 5) is 20.5. The molecule has 222 valence electrons. The summed E-state index contributed by atoms with van der Waals surface area (Å²) in [5.74, 6) is 1.63. The molecule has 2 aromatic carbocycles. The molecule has 12 nitrogen and oxygen atoms in total. The van der Waals surface area contributed by atoms with Gasteiger partial charge in [-0.2, -0.15) is 10.1 Å². The minimum absolute atomic E-state index is 0.349. The Hall–Kier alpha value is -4.54. The van der Waals surface area contributed by atoms with Gasteiger partial charge in [0, 0.05) is 73.4 Å². The third-order valence-corrected chi connectivity index (χ3v) is 8.84. The lowest BCUT2D eigenvalue weighted by molar-refractivity contribution is 0.122. The normalized spacial score (nSPS) is 13.7. The number of rotatable bonds is 8. The van der Waals surface area contributed by atoms with Gasteiger partial charge in [0.05, 0.1) is 48.7 Å². The monoisotopic (exact) mass is 599 g/mol. The Morgan fingerprint density at radius 2 is 1.79 bits per heavy atom. The van der Waals surface area contributed by atoms with Crippen LogP contribution in [0.3, 0.4) is 0 Å². The van der Waals surface area contributed by atoms with E-state index in [1.807, 2.05) is 44.6 Å². The molecular weight excluding hydrogens is 565 g/mol. The van der Waals surface area contributed by atoms with Crippen LogP contribution in [0.5, 0.6) is 5.75 Å². The van der Waals surface area contributed by atoms with E-state index in [1.54, 1.807) is 43.7 Å². The molecule has 1 aliphatic rings. The zero-order chi connectivity index (χ0) is 30.1. The minimum Gasteiger partial charge on any atom is -0.494 e. The first-order chi connectivity index (χ1) is 20.7. The fourth-order valence-electron chi connectivity index (χ4n) is 5.24. The standard InChI is InChI=1S/C30H34N9O3P/c1-19-16-33-30(36-23-7-6-22-27(32-9-8-31-22)28(23)43(4,5)40)37-29(19)35-24-14-21(20-17-34-38(2)18-20)25(15-26(24)41-3)39-10-12-42-13-11-39/h6-9,14-18H,10-13H2,1-5H3,(H2,33,35,36,37). The second-order valence-corrected chi connectivity index (χ2v) is 13.9. The molecule has 43 heavy (non-hydrogen) atoms. The zero-order valence-electron chi connectivity index (χ0n) is 24.8. The Kier molecular flexibility index (Phi) is 7.72. The lowest BCUT2D eigenvalue weighted by Crippen LogP contribution is -2.36. The van der Waals surface area contributed by atoms with Crippen LogP contribution < -0.4 is 25.6 Å². The van der Waals surface area contributed by atoms with Crippen molar-refractivity contribution in [1.29, 1.82) is 0 Å². The van der Waals surface area contributed by atoms with Gasteiger partial charge in [-0.3, -0.25) is 14.6 Å². The molecule has 0 unspecified atom stereocenters. The van der Waals surface area contributed by atoms with E-state index in [2.05, 4.69) is 41.7 Å². The predicted octanol–water partition coefficient (Wildman–Crippen LogP) is 4.71. The molecule has 13 heteroatoms. The smallest absolute Gasteiger partial charge is 0.229 e. The van der Waals surface area contributed by atoms with Gasteiger partial charge in [0.25, 0.3) is 0 Å². The predicted molar refractivity (Wildman–Crippen MR) is 170 cm³/mol. The summed E-state index contributed by atoms with van der Waals surface area (Å²) in [5.41, 5.74) is 6.56. The van der Waals surface area contributed by atoms with E-state index in [-0.39, 0.29) is 0 Å². The van der Waals surface area contributed by atoms with Crippen molar-refractivity contribution in [3.8, 4) is 16.9 Å². The highest BCUT2D eigenvalue weighted by molar-refractivity contribution is 7.71. The Labute approximate surface area is 249 Å². The molecule has 0 radical (unpaired) electrons. The quantitative estimate of drug-likeness (QED) is 0.240. The van der Waals surface area contributed by atoms with Crippen LogP contribution in [0.4, 0.5) is 28.8 Å². The summed E-state index contributed by atoms with van der Waals surface area (Å²) in [6, 6.07) is 7.81. The van der Waals surface area contributed by atoms with Crippen molar-refractivity contribution in [2.75, 3.05) is 62.3 Å². The minimum atomic E-state index is -2.75. The van der Waals surface area contributed by atoms with E-state index in [4.69, 9.17) is 14.5 Å². The summed E-state index contributed by atoms with van der Waals surface area (Å²) in [6.07, 6.45) is 8.83. The van der Waals surface area contributed by atoms with Gasteiger partial charge in [0.1, 0.15) is 24.2 Å². The molecule has 1 saturated heterocycles. The maximum atomic E-state index is 13.4. The van der Waals surface area contributed by atoms with Crippen LogP contribution in [-0.2, 0) is 16.3 Å². The lowest BCUT2D eigenvalue weighted by atomic mass is 10.0. The van der Waals surface area contributed by atoms with Gasteiger partial charge in [0.2, 0.25) is 5.95 Å². The van der Waals surface area contributed by atoms with Crippen LogP contribution in [0.25, 0.3) is 22.2 Å². The van der Waals surface area contributed by atoms with E-state index in [9.17, 15) is 4.57 Å². The topological polar surface area (TPSA) is 132 Å². The molecule has 4 heterocycles. The Balaban J connectivity index is 1.38. The number of aromatic nitrogens is 6. The molecule has 6 rings (SSSR count). The molecule has 1 fully saturated rings. The number of hydrogen-bond donors (Lipinski definition) is 2. The summed E-state index contributed by atoms with van der Waals surface area (Å²) >= 11 is 0. The first-order valence-electron chi connectivity index (χ1n) is 13.9. The van der Waals surface area contributed by atoms with Crippen molar-refractivity contribution in [2.24, 2.45) is 7.05 Å². The number of ether oxygens (including phenoxy) is 2.